The smallest absolute Gasteiger partial charge is 0.378 e. The zero-order chi connectivity index (χ0) is 24.2. The maximum atomic E-state index is 14.2. The Labute approximate surface area is 198 Å². The van der Waals surface area contributed by atoms with E-state index in [0.29, 0.717) is 18.5 Å². The molecule has 2 aromatic heterocycles. The summed E-state index contributed by atoms with van der Waals surface area (Å²) in [7, 11) is 3.85. The minimum absolute atomic E-state index is 0.0184. The molecule has 5 rings (SSSR count). The number of nitrogens with one attached hydrogen (secondary N) is 1. The number of nitrogens with zero attached hydrogens (tertiary/aromatic N) is 4. The van der Waals surface area contributed by atoms with Gasteiger partial charge in [-0.3, -0.25) is 0 Å². The van der Waals surface area contributed by atoms with Crippen molar-refractivity contribution in [1.29, 1.82) is 0 Å². The van der Waals surface area contributed by atoms with E-state index >= 15 is 0 Å². The van der Waals surface area contributed by atoms with E-state index in [1.54, 1.807) is 11.0 Å². The molecule has 10 heteroatoms. The Morgan fingerprint density at radius 2 is 1.85 bits per heavy atom. The Morgan fingerprint density at radius 1 is 1.12 bits per heavy atom. The second kappa shape index (κ2) is 8.16. The SMILES string of the molecule is CN(C)c1ccc(C2c3[nH]c4cc(F)c(Cl)cc4c3CCN2c2nccc(C(F)(F)F)n2)cc1. The van der Waals surface area contributed by atoms with E-state index in [0.717, 1.165) is 40.2 Å². The third-order valence-electron chi connectivity index (χ3n) is 6.08. The third-order valence-corrected chi connectivity index (χ3v) is 6.37. The summed E-state index contributed by atoms with van der Waals surface area (Å²) in [4.78, 5) is 15.0. The van der Waals surface area contributed by atoms with Gasteiger partial charge >= 0.3 is 6.18 Å². The molecular weight excluding hydrogens is 470 g/mol. The zero-order valence-electron chi connectivity index (χ0n) is 18.3. The molecule has 176 valence electrons. The molecule has 3 heterocycles. The molecule has 0 spiro atoms. The minimum Gasteiger partial charge on any atom is -0.378 e. The molecule has 2 aromatic carbocycles. The summed E-state index contributed by atoms with van der Waals surface area (Å²) < 4.78 is 54.2. The molecule has 34 heavy (non-hydrogen) atoms. The summed E-state index contributed by atoms with van der Waals surface area (Å²) in [6, 6.07) is 11.0. The van der Waals surface area contributed by atoms with Crippen LogP contribution in [0.25, 0.3) is 10.9 Å². The summed E-state index contributed by atoms with van der Waals surface area (Å²) in [5.74, 6) is -0.567. The van der Waals surface area contributed by atoms with E-state index in [1.165, 1.54) is 6.07 Å². The normalized spacial score (nSPS) is 16.1. The average Bonchev–Trinajstić information content (AvgIpc) is 3.15. The van der Waals surface area contributed by atoms with Crippen molar-refractivity contribution in [2.75, 3.05) is 30.4 Å². The van der Waals surface area contributed by atoms with Crippen molar-refractivity contribution in [3.05, 3.63) is 82.0 Å². The van der Waals surface area contributed by atoms with Gasteiger partial charge in [-0.25, -0.2) is 14.4 Å². The first-order valence-corrected chi connectivity index (χ1v) is 10.9. The topological polar surface area (TPSA) is 48.1 Å². The van der Waals surface area contributed by atoms with Crippen LogP contribution in [-0.4, -0.2) is 35.6 Å². The van der Waals surface area contributed by atoms with Crippen LogP contribution in [-0.2, 0) is 12.6 Å². The Bertz CT molecular complexity index is 1360. The molecule has 4 aromatic rings. The fraction of sp³-hybridized carbons (Fsp3) is 0.250. The van der Waals surface area contributed by atoms with E-state index in [2.05, 4.69) is 15.0 Å². The highest BCUT2D eigenvalue weighted by molar-refractivity contribution is 6.31. The van der Waals surface area contributed by atoms with Crippen LogP contribution in [0.4, 0.5) is 29.2 Å². The molecule has 1 atom stereocenters. The highest BCUT2D eigenvalue weighted by Crippen LogP contribution is 2.41. The molecule has 1 aliphatic heterocycles. The predicted molar refractivity (Wildman–Crippen MR) is 124 cm³/mol. The third kappa shape index (κ3) is 3.83. The van der Waals surface area contributed by atoms with E-state index in [4.69, 9.17) is 11.6 Å². The van der Waals surface area contributed by atoms with E-state index in [-0.39, 0.29) is 11.0 Å². The molecule has 0 bridgehead atoms. The van der Waals surface area contributed by atoms with Crippen molar-refractivity contribution in [3.8, 4) is 0 Å². The lowest BCUT2D eigenvalue weighted by molar-refractivity contribution is -0.141. The molecular formula is C24H20ClF4N5. The lowest BCUT2D eigenvalue weighted by atomic mass is 9.92. The van der Waals surface area contributed by atoms with Gasteiger partial charge in [-0.1, -0.05) is 23.7 Å². The standard InChI is InChI=1S/C24H20ClF4N5/c1-33(2)14-5-3-13(4-6-14)22-21-15(16-11-17(25)18(26)12-19(16)31-21)8-10-34(22)23-30-9-7-20(32-23)24(27,28)29/h3-7,9,11-12,22,31H,8,10H2,1-2H3. The zero-order valence-corrected chi connectivity index (χ0v) is 19.0. The molecule has 1 aliphatic rings. The summed E-state index contributed by atoms with van der Waals surface area (Å²) in [6.07, 6.45) is -2.96. The van der Waals surface area contributed by atoms with E-state index in [9.17, 15) is 17.6 Å². The number of alkyl halides is 3. The van der Waals surface area contributed by atoms with Crippen molar-refractivity contribution in [1.82, 2.24) is 15.0 Å². The largest absolute Gasteiger partial charge is 0.433 e. The number of aromatic amines is 1. The maximum Gasteiger partial charge on any atom is 0.433 e. The molecule has 5 nitrogen and oxygen atoms in total. The van der Waals surface area contributed by atoms with Gasteiger partial charge in [-0.05, 0) is 47.9 Å². The van der Waals surface area contributed by atoms with Crippen molar-refractivity contribution in [3.63, 3.8) is 0 Å². The van der Waals surface area contributed by atoms with Crippen LogP contribution in [0.3, 0.4) is 0 Å². The van der Waals surface area contributed by atoms with Gasteiger partial charge < -0.3 is 14.8 Å². The lowest BCUT2D eigenvalue weighted by Gasteiger charge is -2.36. The molecule has 1 N–H and O–H groups in total. The Kier molecular flexibility index (Phi) is 5.39. The van der Waals surface area contributed by atoms with Crippen LogP contribution >= 0.6 is 11.6 Å². The summed E-state index contributed by atoms with van der Waals surface area (Å²) in [5.41, 5.74) is 3.09. The van der Waals surface area contributed by atoms with Crippen molar-refractivity contribution >= 4 is 34.1 Å². The van der Waals surface area contributed by atoms with Gasteiger partial charge in [-0.2, -0.15) is 13.2 Å². The van der Waals surface area contributed by atoms with E-state index in [1.807, 2.05) is 43.3 Å². The Morgan fingerprint density at radius 3 is 2.53 bits per heavy atom. The molecule has 1 unspecified atom stereocenters. The summed E-state index contributed by atoms with van der Waals surface area (Å²) in [6.45, 7) is 0.371. The van der Waals surface area contributed by atoms with Gasteiger partial charge in [0.25, 0.3) is 0 Å². The van der Waals surface area contributed by atoms with Gasteiger partial charge in [0.05, 0.1) is 11.1 Å². The lowest BCUT2D eigenvalue weighted by Crippen LogP contribution is -2.37. The average molecular weight is 490 g/mol. The summed E-state index contributed by atoms with van der Waals surface area (Å²) >= 11 is 6.04. The van der Waals surface area contributed by atoms with Crippen LogP contribution in [0.15, 0.2) is 48.7 Å². The van der Waals surface area contributed by atoms with Gasteiger partial charge in [0.1, 0.15) is 11.5 Å². The quantitative estimate of drug-likeness (QED) is 0.359. The number of rotatable bonds is 3. The number of hydrogen-bond donors (Lipinski definition) is 1. The number of aromatic nitrogens is 3. The fourth-order valence-electron chi connectivity index (χ4n) is 4.45. The van der Waals surface area contributed by atoms with Crippen LogP contribution in [0, 0.1) is 5.82 Å². The monoisotopic (exact) mass is 489 g/mol. The van der Waals surface area contributed by atoms with Crippen LogP contribution in [0.2, 0.25) is 5.02 Å². The van der Waals surface area contributed by atoms with Crippen molar-refractivity contribution in [2.24, 2.45) is 0 Å². The van der Waals surface area contributed by atoms with Crippen LogP contribution < -0.4 is 9.80 Å². The molecule has 0 fully saturated rings. The fourth-order valence-corrected chi connectivity index (χ4v) is 4.61. The Balaban J connectivity index is 1.69. The maximum absolute atomic E-state index is 14.2. The molecule has 0 saturated carbocycles. The molecule has 0 amide bonds. The van der Waals surface area contributed by atoms with Gasteiger partial charge in [-0.15, -0.1) is 0 Å². The molecule has 0 aliphatic carbocycles. The molecule has 0 radical (unpaired) electrons. The first-order chi connectivity index (χ1) is 16.1. The van der Waals surface area contributed by atoms with E-state index < -0.39 is 23.7 Å². The van der Waals surface area contributed by atoms with Crippen LogP contribution in [0.1, 0.15) is 28.6 Å². The van der Waals surface area contributed by atoms with Gasteiger partial charge in [0.2, 0.25) is 5.95 Å². The van der Waals surface area contributed by atoms with Crippen molar-refractivity contribution < 1.29 is 17.6 Å². The highest BCUT2D eigenvalue weighted by atomic mass is 35.5. The first kappa shape index (κ1) is 22.5. The van der Waals surface area contributed by atoms with Gasteiger partial charge in [0, 0.05) is 49.1 Å². The highest BCUT2D eigenvalue weighted by Gasteiger charge is 2.37. The second-order valence-electron chi connectivity index (χ2n) is 8.40. The predicted octanol–water partition coefficient (Wildman–Crippen LogP) is 5.99. The number of halogens is 5. The summed E-state index contributed by atoms with van der Waals surface area (Å²) in [5, 5.41) is 0.811. The number of benzene rings is 2. The van der Waals surface area contributed by atoms with Crippen LogP contribution in [0.5, 0.6) is 0 Å². The second-order valence-corrected chi connectivity index (χ2v) is 8.81. The number of hydrogen-bond acceptors (Lipinski definition) is 4. The number of anilines is 2. The van der Waals surface area contributed by atoms with Gasteiger partial charge in [0.15, 0.2) is 0 Å². The molecule has 0 saturated heterocycles. The number of fused-ring (bicyclic) bond motifs is 3. The minimum atomic E-state index is -4.59. The number of H-pyrrole nitrogens is 1. The van der Waals surface area contributed by atoms with Crippen molar-refractivity contribution in [2.45, 2.75) is 18.6 Å². The Hall–Kier alpha value is -3.33. The first-order valence-electron chi connectivity index (χ1n) is 10.6.